The first-order valence-corrected chi connectivity index (χ1v) is 10.9. The molecule has 2 amide bonds. The summed E-state index contributed by atoms with van der Waals surface area (Å²) in [5.74, 6) is -1.12. The van der Waals surface area contributed by atoms with E-state index in [-0.39, 0.29) is 17.6 Å². The number of aromatic hydroxyl groups is 1. The van der Waals surface area contributed by atoms with Gasteiger partial charge in [0.05, 0.1) is 24.0 Å². The maximum Gasteiger partial charge on any atom is 0.266 e. The van der Waals surface area contributed by atoms with Gasteiger partial charge in [-0.1, -0.05) is 36.4 Å². The zero-order valence-electron chi connectivity index (χ0n) is 18.3. The van der Waals surface area contributed by atoms with Crippen molar-refractivity contribution in [3.63, 3.8) is 0 Å². The number of carbonyl (C=O) groups excluding carboxylic acids is 2. The van der Waals surface area contributed by atoms with Crippen molar-refractivity contribution in [1.82, 2.24) is 0 Å². The summed E-state index contributed by atoms with van der Waals surface area (Å²) < 4.78 is 5.57. The number of para-hydroxylation sites is 1. The number of hydrogen-bond acceptors (Lipinski definition) is 6. The molecule has 0 bridgehead atoms. The molecule has 3 aromatic carbocycles. The van der Waals surface area contributed by atoms with Crippen LogP contribution >= 0.6 is 0 Å². The van der Waals surface area contributed by atoms with Crippen LogP contribution in [0.5, 0.6) is 11.5 Å². The number of carbonyl (C=O) groups is 2. The first kappa shape index (κ1) is 21.0. The van der Waals surface area contributed by atoms with Crippen molar-refractivity contribution < 1.29 is 24.3 Å². The van der Waals surface area contributed by atoms with Gasteiger partial charge in [-0.05, 0) is 61.4 Å². The number of rotatable bonds is 5. The Hall–Kier alpha value is -3.84. The first-order valence-electron chi connectivity index (χ1n) is 10.9. The van der Waals surface area contributed by atoms with Crippen LogP contribution in [0.1, 0.15) is 24.1 Å². The van der Waals surface area contributed by atoms with Crippen molar-refractivity contribution in [1.29, 1.82) is 0 Å². The molecule has 0 spiro atoms. The molecule has 2 saturated heterocycles. The lowest BCUT2D eigenvalue weighted by molar-refractivity contribution is -0.126. The minimum absolute atomic E-state index is 0.0116. The average Bonchev–Trinajstić information content (AvgIpc) is 3.32. The Labute approximate surface area is 191 Å². The number of aryl methyl sites for hydroxylation is 1. The molecule has 2 fully saturated rings. The van der Waals surface area contributed by atoms with Crippen LogP contribution in [-0.4, -0.2) is 29.6 Å². The van der Waals surface area contributed by atoms with E-state index in [1.165, 1.54) is 11.0 Å². The SMILES string of the molecule is CCOc1cc([C@H]2[C@H]3C(=O)N(c4cccc(C)c4)C(=O)[C@@H]3ON2c2ccccc2)ccc1O. The number of phenolic OH excluding ortho intramolecular Hbond substituents is 1. The Bertz CT molecular complexity index is 1210. The molecule has 7 nitrogen and oxygen atoms in total. The number of hydroxylamine groups is 1. The average molecular weight is 444 g/mol. The summed E-state index contributed by atoms with van der Waals surface area (Å²) in [6.45, 7) is 4.12. The van der Waals surface area contributed by atoms with E-state index in [2.05, 4.69) is 0 Å². The second-order valence-corrected chi connectivity index (χ2v) is 8.17. The van der Waals surface area contributed by atoms with Crippen LogP contribution in [0.2, 0.25) is 0 Å². The lowest BCUT2D eigenvalue weighted by Gasteiger charge is -2.29. The smallest absolute Gasteiger partial charge is 0.266 e. The number of amides is 2. The number of phenols is 1. The topological polar surface area (TPSA) is 79.3 Å². The molecule has 0 aromatic heterocycles. The normalized spacial score (nSPS) is 22.1. The number of anilines is 2. The minimum atomic E-state index is -0.951. The minimum Gasteiger partial charge on any atom is -0.504 e. The molecule has 2 aliphatic heterocycles. The van der Waals surface area contributed by atoms with Crippen molar-refractivity contribution in [3.05, 3.63) is 83.9 Å². The Balaban J connectivity index is 1.60. The van der Waals surface area contributed by atoms with Crippen molar-refractivity contribution in [2.24, 2.45) is 5.92 Å². The van der Waals surface area contributed by atoms with Gasteiger partial charge in [0.2, 0.25) is 5.91 Å². The van der Waals surface area contributed by atoms with Gasteiger partial charge < -0.3 is 9.84 Å². The highest BCUT2D eigenvalue weighted by Gasteiger charge is 2.60. The van der Waals surface area contributed by atoms with E-state index in [1.807, 2.05) is 62.4 Å². The van der Waals surface area contributed by atoms with E-state index >= 15 is 0 Å². The van der Waals surface area contributed by atoms with Crippen molar-refractivity contribution in [2.75, 3.05) is 16.6 Å². The third kappa shape index (κ3) is 3.50. The lowest BCUT2D eigenvalue weighted by Crippen LogP contribution is -2.37. The third-order valence-electron chi connectivity index (χ3n) is 6.01. The monoisotopic (exact) mass is 444 g/mol. The van der Waals surface area contributed by atoms with Gasteiger partial charge in [0.1, 0.15) is 5.92 Å². The first-order chi connectivity index (χ1) is 16.0. The van der Waals surface area contributed by atoms with Gasteiger partial charge >= 0.3 is 0 Å². The fraction of sp³-hybridized carbons (Fsp3) is 0.231. The zero-order chi connectivity index (χ0) is 23.1. The molecular formula is C26H24N2O5. The molecule has 0 aliphatic carbocycles. The van der Waals surface area contributed by atoms with Crippen molar-refractivity contribution in [2.45, 2.75) is 26.0 Å². The predicted molar refractivity (Wildman–Crippen MR) is 123 cm³/mol. The summed E-state index contributed by atoms with van der Waals surface area (Å²) in [7, 11) is 0. The number of imide groups is 1. The standard InChI is InChI=1S/C26H24N2O5/c1-3-32-21-15-17(12-13-20(21)29)23-22-24(33-28(23)18-9-5-4-6-10-18)26(31)27(25(22)30)19-11-7-8-16(2)14-19/h4-15,22-24,29H,3H2,1-2H3/t22-,23+,24-/m1/s1. The van der Waals surface area contributed by atoms with E-state index in [9.17, 15) is 14.7 Å². The van der Waals surface area contributed by atoms with Gasteiger partial charge in [0.15, 0.2) is 17.6 Å². The number of fused-ring (bicyclic) bond motifs is 1. The van der Waals surface area contributed by atoms with Crippen molar-refractivity contribution in [3.8, 4) is 11.5 Å². The van der Waals surface area contributed by atoms with Crippen molar-refractivity contribution >= 4 is 23.2 Å². The molecule has 0 unspecified atom stereocenters. The van der Waals surface area contributed by atoms with Crippen LogP contribution in [-0.2, 0) is 14.4 Å². The highest BCUT2D eigenvalue weighted by molar-refractivity contribution is 6.24. The number of hydrogen-bond donors (Lipinski definition) is 1. The fourth-order valence-electron chi connectivity index (χ4n) is 4.56. The predicted octanol–water partition coefficient (Wildman–Crippen LogP) is 4.15. The van der Waals surface area contributed by atoms with Crippen LogP contribution in [0.15, 0.2) is 72.8 Å². The largest absolute Gasteiger partial charge is 0.504 e. The third-order valence-corrected chi connectivity index (χ3v) is 6.01. The van der Waals surface area contributed by atoms with Crippen LogP contribution < -0.4 is 14.7 Å². The molecule has 7 heteroatoms. The molecule has 0 saturated carbocycles. The zero-order valence-corrected chi connectivity index (χ0v) is 18.3. The second-order valence-electron chi connectivity index (χ2n) is 8.17. The van der Waals surface area contributed by atoms with Gasteiger partial charge in [-0.2, -0.15) is 0 Å². The molecule has 2 aliphatic rings. The van der Waals surface area contributed by atoms with Gasteiger partial charge in [0, 0.05) is 0 Å². The molecule has 1 N–H and O–H groups in total. The number of benzene rings is 3. The van der Waals surface area contributed by atoms with E-state index in [1.54, 1.807) is 23.3 Å². The highest BCUT2D eigenvalue weighted by atomic mass is 16.7. The van der Waals surface area contributed by atoms with Gasteiger partial charge in [-0.25, -0.2) is 9.96 Å². The Morgan fingerprint density at radius 2 is 1.70 bits per heavy atom. The number of ether oxygens (including phenoxy) is 1. The molecule has 0 radical (unpaired) electrons. The van der Waals surface area contributed by atoms with Gasteiger partial charge in [-0.3, -0.25) is 14.4 Å². The van der Waals surface area contributed by atoms with E-state index in [0.717, 1.165) is 11.3 Å². The summed E-state index contributed by atoms with van der Waals surface area (Å²) in [5.41, 5.74) is 2.92. The van der Waals surface area contributed by atoms with Gasteiger partial charge in [0.25, 0.3) is 5.91 Å². The van der Waals surface area contributed by atoms with Crippen LogP contribution in [0.4, 0.5) is 11.4 Å². The van der Waals surface area contributed by atoms with Crippen LogP contribution in [0.25, 0.3) is 0 Å². The Morgan fingerprint density at radius 1 is 0.939 bits per heavy atom. The van der Waals surface area contributed by atoms with Crippen LogP contribution in [0, 0.1) is 12.8 Å². The quantitative estimate of drug-likeness (QED) is 0.596. The Kier molecular flexibility index (Phi) is 5.26. The maximum absolute atomic E-state index is 13.7. The summed E-state index contributed by atoms with van der Waals surface area (Å²) in [6.07, 6.45) is -0.951. The lowest BCUT2D eigenvalue weighted by atomic mass is 9.90. The van der Waals surface area contributed by atoms with E-state index < -0.39 is 18.1 Å². The summed E-state index contributed by atoms with van der Waals surface area (Å²) in [4.78, 5) is 34.4. The molecule has 33 heavy (non-hydrogen) atoms. The summed E-state index contributed by atoms with van der Waals surface area (Å²) >= 11 is 0. The summed E-state index contributed by atoms with van der Waals surface area (Å²) in [5, 5.41) is 11.8. The fourth-order valence-corrected chi connectivity index (χ4v) is 4.56. The molecule has 3 aromatic rings. The maximum atomic E-state index is 13.7. The second kappa shape index (κ2) is 8.26. The molecule has 168 valence electrons. The van der Waals surface area contributed by atoms with Crippen LogP contribution in [0.3, 0.4) is 0 Å². The summed E-state index contributed by atoms with van der Waals surface area (Å²) in [6, 6.07) is 21.1. The molecular weight excluding hydrogens is 420 g/mol. The molecule has 3 atom stereocenters. The van der Waals surface area contributed by atoms with E-state index in [4.69, 9.17) is 9.57 Å². The molecule has 2 heterocycles. The Morgan fingerprint density at radius 3 is 2.42 bits per heavy atom. The molecule has 5 rings (SSSR count). The van der Waals surface area contributed by atoms with Gasteiger partial charge in [-0.15, -0.1) is 0 Å². The highest BCUT2D eigenvalue weighted by Crippen LogP contribution is 2.48. The van der Waals surface area contributed by atoms with E-state index in [0.29, 0.717) is 23.6 Å². The number of nitrogens with zero attached hydrogens (tertiary/aromatic N) is 2.